The molecule has 0 saturated carbocycles. The number of hydrogen-bond donors (Lipinski definition) is 2. The molecule has 3 aromatic rings. The van der Waals surface area contributed by atoms with E-state index >= 15 is 0 Å². The summed E-state index contributed by atoms with van der Waals surface area (Å²) in [6.07, 6.45) is 3.83. The Labute approximate surface area is 159 Å². The predicted molar refractivity (Wildman–Crippen MR) is 108 cm³/mol. The summed E-state index contributed by atoms with van der Waals surface area (Å²) in [6, 6.07) is 15.8. The van der Waals surface area contributed by atoms with Crippen LogP contribution in [0.2, 0.25) is 0 Å². The number of benzene rings is 2. The largest absolute Gasteiger partial charge is 0.369 e. The average Bonchev–Trinajstić information content (AvgIpc) is 2.54. The van der Waals surface area contributed by atoms with Gasteiger partial charge in [0.2, 0.25) is 5.91 Å². The van der Waals surface area contributed by atoms with Crippen molar-refractivity contribution < 1.29 is 4.79 Å². The van der Waals surface area contributed by atoms with Crippen molar-refractivity contribution in [2.45, 2.75) is 6.42 Å². The topological polar surface area (TPSA) is 71.2 Å². The molecule has 0 bridgehead atoms. The Hall–Kier alpha value is -2.50. The monoisotopic (exact) mass is 378 g/mol. The molecule has 0 spiro atoms. The highest BCUT2D eigenvalue weighted by atomic mass is 35.5. The van der Waals surface area contributed by atoms with Gasteiger partial charge in [0.15, 0.2) is 0 Å². The highest BCUT2D eigenvalue weighted by Crippen LogP contribution is 2.23. The van der Waals surface area contributed by atoms with Crippen molar-refractivity contribution in [3.8, 4) is 0 Å². The molecule has 1 amide bonds. The van der Waals surface area contributed by atoms with Crippen LogP contribution in [0, 0.1) is 0 Å². The molecular formula is C18H20Cl2N4O. The summed E-state index contributed by atoms with van der Waals surface area (Å²) in [5, 5.41) is 4.10. The van der Waals surface area contributed by atoms with Gasteiger partial charge >= 0.3 is 0 Å². The van der Waals surface area contributed by atoms with E-state index < -0.39 is 0 Å². The van der Waals surface area contributed by atoms with Crippen LogP contribution in [0.25, 0.3) is 10.8 Å². The summed E-state index contributed by atoms with van der Waals surface area (Å²) in [6.45, 7) is 0. The van der Waals surface area contributed by atoms with Crippen LogP contribution in [-0.2, 0) is 11.2 Å². The molecule has 0 saturated heterocycles. The molecule has 0 atom stereocenters. The van der Waals surface area contributed by atoms with Gasteiger partial charge in [-0.05, 0) is 35.2 Å². The van der Waals surface area contributed by atoms with E-state index in [0.717, 1.165) is 27.7 Å². The molecular weight excluding hydrogens is 359 g/mol. The van der Waals surface area contributed by atoms with Gasteiger partial charge in [-0.25, -0.2) is 0 Å². The van der Waals surface area contributed by atoms with Crippen LogP contribution >= 0.6 is 24.8 Å². The van der Waals surface area contributed by atoms with Crippen molar-refractivity contribution in [1.29, 1.82) is 0 Å². The van der Waals surface area contributed by atoms with Crippen molar-refractivity contribution in [3.05, 3.63) is 66.5 Å². The molecule has 0 aliphatic carbocycles. The summed E-state index contributed by atoms with van der Waals surface area (Å²) in [7, 11) is 1.91. The van der Waals surface area contributed by atoms with Gasteiger partial charge in [0.1, 0.15) is 0 Å². The summed E-state index contributed by atoms with van der Waals surface area (Å²) < 4.78 is 0. The molecule has 1 aromatic heterocycles. The number of para-hydroxylation sites is 1. The van der Waals surface area contributed by atoms with Gasteiger partial charge in [-0.1, -0.05) is 24.3 Å². The number of fused-ring (bicyclic) bond motifs is 1. The number of rotatable bonds is 5. The quantitative estimate of drug-likeness (QED) is 0.665. The number of primary amides is 1. The second kappa shape index (κ2) is 9.11. The van der Waals surface area contributed by atoms with Gasteiger partial charge in [0.05, 0.1) is 17.8 Å². The van der Waals surface area contributed by atoms with Gasteiger partial charge in [0, 0.05) is 24.8 Å². The molecule has 0 aliphatic heterocycles. The Morgan fingerprint density at radius 2 is 1.88 bits per heavy atom. The molecule has 7 heteroatoms. The molecule has 2 aromatic carbocycles. The van der Waals surface area contributed by atoms with E-state index in [1.165, 1.54) is 0 Å². The number of amides is 1. The van der Waals surface area contributed by atoms with E-state index in [1.807, 2.05) is 60.7 Å². The number of carbonyl (C=O) groups excluding carboxylic acids is 1. The van der Waals surface area contributed by atoms with Crippen molar-refractivity contribution >= 4 is 52.9 Å². The number of hydrazine groups is 1. The maximum Gasteiger partial charge on any atom is 0.221 e. The van der Waals surface area contributed by atoms with Gasteiger partial charge in [-0.15, -0.1) is 24.8 Å². The number of anilines is 2. The van der Waals surface area contributed by atoms with Crippen LogP contribution in [0.4, 0.5) is 11.4 Å². The Balaban J connectivity index is 0.00000156. The maximum atomic E-state index is 11.2. The minimum Gasteiger partial charge on any atom is -0.369 e. The molecule has 3 rings (SSSR count). The zero-order valence-corrected chi connectivity index (χ0v) is 15.3. The molecule has 5 nitrogen and oxygen atoms in total. The number of nitrogens with two attached hydrogens (primary N) is 1. The SMILES string of the molecule is CN(Nc1ccc2cnccc2c1)c1ccccc1CC(N)=O.Cl.Cl. The highest BCUT2D eigenvalue weighted by Gasteiger charge is 2.09. The van der Waals surface area contributed by atoms with Gasteiger partial charge in [-0.2, -0.15) is 0 Å². The molecule has 0 unspecified atom stereocenters. The Morgan fingerprint density at radius 3 is 2.64 bits per heavy atom. The van der Waals surface area contributed by atoms with E-state index in [1.54, 1.807) is 6.20 Å². The van der Waals surface area contributed by atoms with E-state index in [2.05, 4.69) is 16.5 Å². The lowest BCUT2D eigenvalue weighted by Crippen LogP contribution is -2.26. The lowest BCUT2D eigenvalue weighted by molar-refractivity contribution is -0.117. The zero-order valence-electron chi connectivity index (χ0n) is 13.7. The Bertz CT molecular complexity index is 857. The molecule has 0 radical (unpaired) electrons. The van der Waals surface area contributed by atoms with Crippen molar-refractivity contribution in [3.63, 3.8) is 0 Å². The fourth-order valence-corrected chi connectivity index (χ4v) is 2.58. The zero-order chi connectivity index (χ0) is 16.2. The Morgan fingerprint density at radius 1 is 1.12 bits per heavy atom. The number of carbonyl (C=O) groups is 1. The lowest BCUT2D eigenvalue weighted by atomic mass is 10.1. The average molecular weight is 379 g/mol. The third kappa shape index (κ3) is 4.98. The first kappa shape index (κ1) is 20.5. The van der Waals surface area contributed by atoms with E-state index in [-0.39, 0.29) is 37.1 Å². The minimum atomic E-state index is -0.343. The molecule has 0 aliphatic rings. The summed E-state index contributed by atoms with van der Waals surface area (Å²) in [4.78, 5) is 15.3. The molecule has 25 heavy (non-hydrogen) atoms. The fourth-order valence-electron chi connectivity index (χ4n) is 2.58. The van der Waals surface area contributed by atoms with E-state index in [0.29, 0.717) is 0 Å². The first-order valence-electron chi connectivity index (χ1n) is 7.34. The maximum absolute atomic E-state index is 11.2. The number of nitrogens with zero attached hydrogens (tertiary/aromatic N) is 2. The van der Waals surface area contributed by atoms with Crippen LogP contribution in [0.3, 0.4) is 0 Å². The highest BCUT2D eigenvalue weighted by molar-refractivity contribution is 5.86. The van der Waals surface area contributed by atoms with E-state index in [4.69, 9.17) is 5.73 Å². The van der Waals surface area contributed by atoms with Crippen LogP contribution in [0.15, 0.2) is 60.9 Å². The summed E-state index contributed by atoms with van der Waals surface area (Å²) >= 11 is 0. The van der Waals surface area contributed by atoms with Crippen LogP contribution in [0.5, 0.6) is 0 Å². The molecule has 1 heterocycles. The molecule has 0 fully saturated rings. The van der Waals surface area contributed by atoms with Crippen LogP contribution < -0.4 is 16.2 Å². The summed E-state index contributed by atoms with van der Waals surface area (Å²) in [5.74, 6) is -0.343. The summed E-state index contributed by atoms with van der Waals surface area (Å²) in [5.41, 5.74) is 11.4. The van der Waals surface area contributed by atoms with Crippen molar-refractivity contribution in [2.75, 3.05) is 17.5 Å². The number of nitrogens with one attached hydrogen (secondary N) is 1. The number of pyridine rings is 1. The predicted octanol–water partition coefficient (Wildman–Crippen LogP) is 3.57. The third-order valence-corrected chi connectivity index (χ3v) is 3.66. The number of aromatic nitrogens is 1. The lowest BCUT2D eigenvalue weighted by Gasteiger charge is -2.24. The number of halogens is 2. The Kier molecular flexibility index (Phi) is 7.48. The minimum absolute atomic E-state index is 0. The second-order valence-electron chi connectivity index (χ2n) is 5.38. The van der Waals surface area contributed by atoms with Crippen molar-refractivity contribution in [1.82, 2.24) is 4.98 Å². The standard InChI is InChI=1S/C18H18N4O.2ClH/c1-22(17-5-3-2-4-14(17)11-18(19)23)21-16-7-6-15-12-20-9-8-13(15)10-16;;/h2-10,12,21H,11H2,1H3,(H2,19,23);2*1H. The molecule has 3 N–H and O–H groups in total. The smallest absolute Gasteiger partial charge is 0.221 e. The first-order valence-corrected chi connectivity index (χ1v) is 7.34. The molecule has 132 valence electrons. The van der Waals surface area contributed by atoms with Crippen LogP contribution in [0.1, 0.15) is 5.56 Å². The van der Waals surface area contributed by atoms with Gasteiger partial charge < -0.3 is 5.73 Å². The first-order chi connectivity index (χ1) is 11.1. The van der Waals surface area contributed by atoms with Crippen LogP contribution in [-0.4, -0.2) is 17.9 Å². The fraction of sp³-hybridized carbons (Fsp3) is 0.111. The normalized spacial score (nSPS) is 9.64. The third-order valence-electron chi connectivity index (χ3n) is 3.66. The van der Waals surface area contributed by atoms with Gasteiger partial charge in [0.25, 0.3) is 0 Å². The van der Waals surface area contributed by atoms with Crippen molar-refractivity contribution in [2.24, 2.45) is 5.73 Å². The van der Waals surface area contributed by atoms with Gasteiger partial charge in [-0.3, -0.25) is 20.2 Å². The van der Waals surface area contributed by atoms with E-state index in [9.17, 15) is 4.79 Å². The second-order valence-corrected chi connectivity index (χ2v) is 5.38. The number of hydrogen-bond acceptors (Lipinski definition) is 4.